The number of nitrogens with zero attached hydrogens (tertiary/aromatic N) is 1. The van der Waals surface area contributed by atoms with Crippen molar-refractivity contribution in [3.05, 3.63) is 24.3 Å². The van der Waals surface area contributed by atoms with E-state index in [1.165, 1.54) is 38.5 Å². The number of hydrogen-bond donors (Lipinski definition) is 1. The Hall–Kier alpha value is -1.86. The van der Waals surface area contributed by atoms with Crippen molar-refractivity contribution in [3.8, 4) is 0 Å². The van der Waals surface area contributed by atoms with E-state index >= 15 is 0 Å². The van der Waals surface area contributed by atoms with Crippen LogP contribution in [0.4, 0.5) is 4.79 Å². The summed E-state index contributed by atoms with van der Waals surface area (Å²) in [6, 6.07) is 0. The summed E-state index contributed by atoms with van der Waals surface area (Å²) in [6.45, 7) is 4.42. The van der Waals surface area contributed by atoms with E-state index in [9.17, 15) is 9.59 Å². The van der Waals surface area contributed by atoms with Gasteiger partial charge in [0.25, 0.3) is 0 Å². The van der Waals surface area contributed by atoms with Crippen molar-refractivity contribution < 1.29 is 23.8 Å². The number of allylic oxidation sites excluding steroid dienone is 4. The van der Waals surface area contributed by atoms with Gasteiger partial charge < -0.3 is 24.4 Å². The molecule has 0 heterocycles. The molecule has 0 aliphatic rings. The molecule has 0 aromatic carbocycles. The number of ether oxygens (including phenoxy) is 3. The number of amides is 1. The van der Waals surface area contributed by atoms with Crippen molar-refractivity contribution in [1.29, 1.82) is 0 Å². The van der Waals surface area contributed by atoms with E-state index in [2.05, 4.69) is 41.4 Å². The number of hydrogen-bond acceptors (Lipinski definition) is 6. The van der Waals surface area contributed by atoms with Crippen LogP contribution in [0.3, 0.4) is 0 Å². The Bertz CT molecular complexity index is 578. The number of esters is 1. The number of unbranched alkanes of at least 4 members (excludes halogenated alkanes) is 8. The van der Waals surface area contributed by atoms with Crippen LogP contribution in [0.2, 0.25) is 0 Å². The van der Waals surface area contributed by atoms with E-state index in [0.29, 0.717) is 19.6 Å². The van der Waals surface area contributed by atoms with Gasteiger partial charge >= 0.3 is 12.1 Å². The predicted octanol–water partition coefficient (Wildman–Crippen LogP) is 6.28. The zero-order valence-corrected chi connectivity index (χ0v) is 23.6. The van der Waals surface area contributed by atoms with E-state index in [1.807, 2.05) is 14.1 Å². The number of alkyl carbamates (subject to hydrolysis) is 1. The molecule has 7 nitrogen and oxygen atoms in total. The van der Waals surface area contributed by atoms with Gasteiger partial charge in [0.1, 0.15) is 6.61 Å². The van der Waals surface area contributed by atoms with Gasteiger partial charge in [0, 0.05) is 20.1 Å². The fourth-order valence-electron chi connectivity index (χ4n) is 3.57. The summed E-state index contributed by atoms with van der Waals surface area (Å²) in [4.78, 5) is 25.9. The highest BCUT2D eigenvalue weighted by Gasteiger charge is 2.15. The van der Waals surface area contributed by atoms with Crippen molar-refractivity contribution in [2.45, 2.75) is 90.4 Å². The third kappa shape index (κ3) is 25.2. The summed E-state index contributed by atoms with van der Waals surface area (Å²) in [6.07, 6.45) is 22.6. The first-order valence-corrected chi connectivity index (χ1v) is 14.0. The molecule has 1 N–H and O–H groups in total. The minimum absolute atomic E-state index is 0.157. The molecule has 0 radical (unpaired) electrons. The lowest BCUT2D eigenvalue weighted by molar-refractivity contribution is -0.146. The second kappa shape index (κ2) is 26.2. The van der Waals surface area contributed by atoms with Gasteiger partial charge in [0.15, 0.2) is 0 Å². The molecule has 1 unspecified atom stereocenters. The molecule has 0 aliphatic heterocycles. The Morgan fingerprint density at radius 2 is 1.44 bits per heavy atom. The summed E-state index contributed by atoms with van der Waals surface area (Å²) in [5.41, 5.74) is 0. The molecular weight excluding hydrogens is 456 g/mol. The van der Waals surface area contributed by atoms with Crippen LogP contribution in [-0.4, -0.2) is 71.1 Å². The van der Waals surface area contributed by atoms with Crippen LogP contribution in [0, 0.1) is 5.92 Å². The predicted molar refractivity (Wildman–Crippen MR) is 148 cm³/mol. The third-order valence-electron chi connectivity index (χ3n) is 5.72. The number of methoxy groups -OCH3 is 1. The minimum atomic E-state index is -0.452. The van der Waals surface area contributed by atoms with Gasteiger partial charge in [-0.05, 0) is 65.6 Å². The van der Waals surface area contributed by atoms with Crippen LogP contribution >= 0.6 is 0 Å². The van der Waals surface area contributed by atoms with Gasteiger partial charge in [-0.15, -0.1) is 0 Å². The molecule has 1 atom stereocenters. The van der Waals surface area contributed by atoms with E-state index in [4.69, 9.17) is 14.2 Å². The molecule has 36 heavy (non-hydrogen) atoms. The maximum Gasteiger partial charge on any atom is 0.407 e. The van der Waals surface area contributed by atoms with Crippen LogP contribution in [0.1, 0.15) is 90.4 Å². The lowest BCUT2D eigenvalue weighted by atomic mass is 10.1. The Morgan fingerprint density at radius 3 is 2.11 bits per heavy atom. The van der Waals surface area contributed by atoms with Crippen LogP contribution in [0.5, 0.6) is 0 Å². The summed E-state index contributed by atoms with van der Waals surface area (Å²) in [5, 5.41) is 2.73. The van der Waals surface area contributed by atoms with Crippen molar-refractivity contribution in [1.82, 2.24) is 10.2 Å². The normalized spacial score (nSPS) is 12.5. The molecule has 210 valence electrons. The average molecular weight is 511 g/mol. The van der Waals surface area contributed by atoms with Crippen LogP contribution in [0.15, 0.2) is 24.3 Å². The molecule has 0 aromatic rings. The number of nitrogens with one attached hydrogen (secondary N) is 1. The SMILES string of the molecule is CCCCC/C=C\C/C=C\CCCCCCCC(=O)OCC(COC)COC(=O)NCCCN(C)C. The van der Waals surface area contributed by atoms with Crippen LogP contribution in [-0.2, 0) is 19.0 Å². The molecule has 0 saturated carbocycles. The van der Waals surface area contributed by atoms with E-state index in [-0.39, 0.29) is 25.1 Å². The van der Waals surface area contributed by atoms with Gasteiger partial charge in [-0.25, -0.2) is 4.79 Å². The Morgan fingerprint density at radius 1 is 0.806 bits per heavy atom. The molecule has 0 saturated heterocycles. The highest BCUT2D eigenvalue weighted by Crippen LogP contribution is 2.09. The largest absolute Gasteiger partial charge is 0.465 e. The fourth-order valence-corrected chi connectivity index (χ4v) is 3.57. The summed E-state index contributed by atoms with van der Waals surface area (Å²) < 4.78 is 15.8. The molecule has 0 fully saturated rings. The molecule has 0 spiro atoms. The van der Waals surface area contributed by atoms with Crippen LogP contribution in [0.25, 0.3) is 0 Å². The average Bonchev–Trinajstić information content (AvgIpc) is 2.85. The second-order valence-corrected chi connectivity index (χ2v) is 9.67. The van der Waals surface area contributed by atoms with E-state index in [0.717, 1.165) is 45.1 Å². The fraction of sp³-hybridized carbons (Fsp3) is 0.793. The quantitative estimate of drug-likeness (QED) is 0.0935. The summed E-state index contributed by atoms with van der Waals surface area (Å²) in [7, 11) is 5.56. The first-order chi connectivity index (χ1) is 17.5. The Balaban J connectivity index is 3.72. The molecule has 0 aromatic heterocycles. The summed E-state index contributed by atoms with van der Waals surface area (Å²) in [5.74, 6) is -0.369. The smallest absolute Gasteiger partial charge is 0.407 e. The monoisotopic (exact) mass is 510 g/mol. The molecule has 0 bridgehead atoms. The lowest BCUT2D eigenvalue weighted by Crippen LogP contribution is -2.31. The second-order valence-electron chi connectivity index (χ2n) is 9.67. The van der Waals surface area contributed by atoms with Gasteiger partial charge in [-0.3, -0.25) is 4.79 Å². The molecule has 7 heteroatoms. The number of rotatable bonds is 24. The van der Waals surface area contributed by atoms with Gasteiger partial charge in [-0.2, -0.15) is 0 Å². The summed E-state index contributed by atoms with van der Waals surface area (Å²) >= 11 is 0. The third-order valence-corrected chi connectivity index (χ3v) is 5.72. The van der Waals surface area contributed by atoms with Gasteiger partial charge in [-0.1, -0.05) is 63.3 Å². The lowest BCUT2D eigenvalue weighted by Gasteiger charge is -2.17. The van der Waals surface area contributed by atoms with Crippen molar-refractivity contribution in [3.63, 3.8) is 0 Å². The maximum atomic E-state index is 12.1. The van der Waals surface area contributed by atoms with E-state index < -0.39 is 6.09 Å². The maximum absolute atomic E-state index is 12.1. The Kier molecular flexibility index (Phi) is 24.9. The topological polar surface area (TPSA) is 77.1 Å². The Labute approximate surface area is 221 Å². The van der Waals surface area contributed by atoms with Crippen LogP contribution < -0.4 is 5.32 Å². The molecule has 0 rings (SSSR count). The zero-order chi connectivity index (χ0) is 26.7. The van der Waals surface area contributed by atoms with E-state index in [1.54, 1.807) is 7.11 Å². The highest BCUT2D eigenvalue weighted by atomic mass is 16.6. The standard InChI is InChI=1S/C29H54N2O5/c1-5-6-7-8-9-10-11-12-13-14-15-16-17-18-19-21-28(32)35-25-27(24-34-4)26-36-29(33)30-22-20-23-31(2)3/h9-10,12-13,27H,5-8,11,14-26H2,1-4H3,(H,30,33)/b10-9-,13-12-. The molecule has 0 aliphatic carbocycles. The first kappa shape index (κ1) is 34.1. The minimum Gasteiger partial charge on any atom is -0.465 e. The van der Waals surface area contributed by atoms with Gasteiger partial charge in [0.05, 0.1) is 19.1 Å². The van der Waals surface area contributed by atoms with Gasteiger partial charge in [0.2, 0.25) is 0 Å². The highest BCUT2D eigenvalue weighted by molar-refractivity contribution is 5.69. The molecule has 1 amide bonds. The molecular formula is C29H54N2O5. The zero-order valence-electron chi connectivity index (χ0n) is 23.6. The first-order valence-electron chi connectivity index (χ1n) is 14.0. The number of carbonyl (C=O) groups excluding carboxylic acids is 2. The number of carbonyl (C=O) groups is 2. The van der Waals surface area contributed by atoms with Crippen molar-refractivity contribution in [2.75, 3.05) is 54.1 Å². The van der Waals surface area contributed by atoms with Crippen molar-refractivity contribution in [2.24, 2.45) is 5.92 Å². The van der Waals surface area contributed by atoms with Crippen molar-refractivity contribution >= 4 is 12.1 Å².